The maximum absolute atomic E-state index is 13.3. The number of carbonyl (C=O) groups excluding carboxylic acids is 3. The molecule has 1 atom stereocenters. The topological polar surface area (TPSA) is 113 Å². The monoisotopic (exact) mass is 467 g/mol. The Bertz CT molecular complexity index is 1470. The number of rotatable bonds is 5. The molecule has 1 fully saturated rings. The second-order valence-corrected chi connectivity index (χ2v) is 8.14. The molecular formula is C27H21N3O5. The fourth-order valence-corrected chi connectivity index (χ4v) is 4.42. The van der Waals surface area contributed by atoms with Crippen molar-refractivity contribution in [2.45, 2.75) is 12.6 Å². The van der Waals surface area contributed by atoms with E-state index >= 15 is 0 Å². The first-order valence-corrected chi connectivity index (χ1v) is 10.9. The summed E-state index contributed by atoms with van der Waals surface area (Å²) in [6, 6.07) is 16.4. The van der Waals surface area contributed by atoms with E-state index in [1.165, 1.54) is 24.4 Å². The van der Waals surface area contributed by atoms with Gasteiger partial charge in [-0.1, -0.05) is 30.3 Å². The number of aromatic amines is 1. The Balaban J connectivity index is 1.64. The molecule has 2 aromatic carbocycles. The molecule has 0 saturated carbocycles. The van der Waals surface area contributed by atoms with E-state index in [2.05, 4.69) is 9.97 Å². The van der Waals surface area contributed by atoms with E-state index in [1.54, 1.807) is 36.4 Å². The van der Waals surface area contributed by atoms with Crippen LogP contribution >= 0.6 is 0 Å². The predicted molar refractivity (Wildman–Crippen MR) is 128 cm³/mol. The number of aliphatic hydroxyl groups excluding tert-OH is 1. The van der Waals surface area contributed by atoms with Gasteiger partial charge >= 0.3 is 5.97 Å². The van der Waals surface area contributed by atoms with E-state index in [-0.39, 0.29) is 17.9 Å². The van der Waals surface area contributed by atoms with Crippen molar-refractivity contribution in [3.63, 3.8) is 0 Å². The molecule has 0 radical (unpaired) electrons. The quantitative estimate of drug-likeness (QED) is 0.199. The van der Waals surface area contributed by atoms with Crippen LogP contribution in [0.15, 0.2) is 84.8 Å². The van der Waals surface area contributed by atoms with Crippen LogP contribution in [0.1, 0.15) is 33.1 Å². The van der Waals surface area contributed by atoms with Crippen molar-refractivity contribution in [1.82, 2.24) is 14.9 Å². The Labute approximate surface area is 200 Å². The lowest BCUT2D eigenvalue weighted by Crippen LogP contribution is -2.29. The summed E-state index contributed by atoms with van der Waals surface area (Å²) in [7, 11) is 1.29. The Hall–Kier alpha value is -4.72. The molecule has 8 nitrogen and oxygen atoms in total. The van der Waals surface area contributed by atoms with Gasteiger partial charge in [0.15, 0.2) is 0 Å². The molecule has 4 aromatic rings. The van der Waals surface area contributed by atoms with Gasteiger partial charge < -0.3 is 19.7 Å². The Morgan fingerprint density at radius 2 is 1.74 bits per heavy atom. The van der Waals surface area contributed by atoms with Crippen LogP contribution in [-0.4, -0.2) is 44.7 Å². The highest BCUT2D eigenvalue weighted by Crippen LogP contribution is 2.40. The second-order valence-electron chi connectivity index (χ2n) is 8.14. The van der Waals surface area contributed by atoms with Gasteiger partial charge in [0.05, 0.1) is 24.3 Å². The van der Waals surface area contributed by atoms with E-state index in [4.69, 9.17) is 4.74 Å². The number of carbonyl (C=O) groups is 3. The summed E-state index contributed by atoms with van der Waals surface area (Å²) in [5, 5.41) is 12.0. The number of Topliss-reactive ketones (excluding diaryl/α,β-unsaturated/α-hetero) is 1. The smallest absolute Gasteiger partial charge is 0.337 e. The van der Waals surface area contributed by atoms with E-state index in [0.29, 0.717) is 16.7 Å². The number of hydrogen-bond donors (Lipinski definition) is 2. The molecule has 2 N–H and O–H groups in total. The maximum atomic E-state index is 13.3. The van der Waals surface area contributed by atoms with E-state index in [9.17, 15) is 19.5 Å². The van der Waals surface area contributed by atoms with Gasteiger partial charge in [0.2, 0.25) is 0 Å². The van der Waals surface area contributed by atoms with Crippen molar-refractivity contribution in [2.24, 2.45) is 0 Å². The highest BCUT2D eigenvalue weighted by Gasteiger charge is 2.46. The molecule has 5 rings (SSSR count). The Morgan fingerprint density at radius 3 is 2.46 bits per heavy atom. The number of ether oxygens (including phenoxy) is 1. The number of hydrogen-bond acceptors (Lipinski definition) is 6. The average molecular weight is 467 g/mol. The van der Waals surface area contributed by atoms with Crippen molar-refractivity contribution >= 4 is 34.3 Å². The van der Waals surface area contributed by atoms with Crippen LogP contribution in [-0.2, 0) is 20.9 Å². The number of aliphatic hydroxyl groups is 1. The molecule has 174 valence electrons. The first-order chi connectivity index (χ1) is 17.0. The second kappa shape index (κ2) is 8.90. The first kappa shape index (κ1) is 22.1. The Morgan fingerprint density at radius 1 is 1.03 bits per heavy atom. The number of nitrogens with one attached hydrogen (secondary N) is 1. The van der Waals surface area contributed by atoms with Crippen LogP contribution in [0.25, 0.3) is 16.7 Å². The molecule has 35 heavy (non-hydrogen) atoms. The van der Waals surface area contributed by atoms with Crippen LogP contribution in [0.4, 0.5) is 0 Å². The van der Waals surface area contributed by atoms with E-state index in [0.717, 1.165) is 16.5 Å². The zero-order valence-electron chi connectivity index (χ0n) is 18.8. The summed E-state index contributed by atoms with van der Waals surface area (Å²) in [6.07, 6.45) is 4.80. The number of nitrogens with zero attached hydrogens (tertiary/aromatic N) is 2. The van der Waals surface area contributed by atoms with Crippen molar-refractivity contribution in [2.75, 3.05) is 7.11 Å². The highest BCUT2D eigenvalue weighted by molar-refractivity contribution is 6.46. The maximum Gasteiger partial charge on any atom is 0.337 e. The van der Waals surface area contributed by atoms with Crippen LogP contribution in [0.3, 0.4) is 0 Å². The molecule has 0 bridgehead atoms. The van der Waals surface area contributed by atoms with Gasteiger partial charge in [0.25, 0.3) is 11.7 Å². The number of para-hydroxylation sites is 1. The lowest BCUT2D eigenvalue weighted by molar-refractivity contribution is -0.140. The van der Waals surface area contributed by atoms with Gasteiger partial charge in [-0.3, -0.25) is 14.6 Å². The fourth-order valence-electron chi connectivity index (χ4n) is 4.42. The number of esters is 1. The summed E-state index contributed by atoms with van der Waals surface area (Å²) in [5.74, 6) is -2.27. The average Bonchev–Trinajstić information content (AvgIpc) is 3.42. The number of methoxy groups -OCH3 is 1. The molecule has 8 heteroatoms. The summed E-state index contributed by atoms with van der Waals surface area (Å²) < 4.78 is 4.77. The summed E-state index contributed by atoms with van der Waals surface area (Å²) >= 11 is 0. The summed E-state index contributed by atoms with van der Waals surface area (Å²) in [6.45, 7) is 0.144. The number of likely N-dealkylation sites (tertiary alicyclic amines) is 1. The SMILES string of the molecule is COC(=O)c1ccc(C2C(=C(O)c3ccncc3)C(=O)C(=O)N2Cc2c[nH]c3ccccc23)cc1. The summed E-state index contributed by atoms with van der Waals surface area (Å²) in [5.41, 5.74) is 3.01. The largest absolute Gasteiger partial charge is 0.507 e. The minimum absolute atomic E-state index is 0.0214. The third-order valence-electron chi connectivity index (χ3n) is 6.16. The van der Waals surface area contributed by atoms with Gasteiger partial charge in [0, 0.05) is 41.6 Å². The zero-order chi connectivity index (χ0) is 24.5. The van der Waals surface area contributed by atoms with Gasteiger partial charge in [-0.15, -0.1) is 0 Å². The van der Waals surface area contributed by atoms with Crippen molar-refractivity contribution < 1.29 is 24.2 Å². The normalized spacial score (nSPS) is 17.2. The minimum Gasteiger partial charge on any atom is -0.507 e. The standard InChI is InChI=1S/C27H21N3O5/c1-35-27(34)18-8-6-16(7-9-18)23-22(24(31)17-10-12-28-13-11-17)25(32)26(33)30(23)15-19-14-29-21-5-3-2-4-20(19)21/h2-14,23,29,31H,15H2,1H3. The number of fused-ring (bicyclic) bond motifs is 1. The molecule has 1 saturated heterocycles. The lowest BCUT2D eigenvalue weighted by atomic mass is 9.94. The fraction of sp³-hybridized carbons (Fsp3) is 0.111. The number of aromatic nitrogens is 2. The van der Waals surface area contributed by atoms with Crippen molar-refractivity contribution in [3.8, 4) is 0 Å². The molecule has 1 aliphatic heterocycles. The number of benzene rings is 2. The molecular weight excluding hydrogens is 446 g/mol. The van der Waals surface area contributed by atoms with Crippen LogP contribution < -0.4 is 0 Å². The Kier molecular flexibility index (Phi) is 5.62. The molecule has 1 aliphatic rings. The number of ketones is 1. The minimum atomic E-state index is -0.858. The molecule has 1 unspecified atom stereocenters. The lowest BCUT2D eigenvalue weighted by Gasteiger charge is -2.25. The predicted octanol–water partition coefficient (Wildman–Crippen LogP) is 3.97. The van der Waals surface area contributed by atoms with Gasteiger partial charge in [-0.25, -0.2) is 4.79 Å². The molecule has 1 amide bonds. The molecule has 0 aliphatic carbocycles. The summed E-state index contributed by atoms with van der Waals surface area (Å²) in [4.78, 5) is 47.0. The highest BCUT2D eigenvalue weighted by atomic mass is 16.5. The van der Waals surface area contributed by atoms with Crippen LogP contribution in [0, 0.1) is 0 Å². The number of H-pyrrole nitrogens is 1. The first-order valence-electron chi connectivity index (χ1n) is 10.9. The molecule has 3 heterocycles. The number of amides is 1. The zero-order valence-corrected chi connectivity index (χ0v) is 18.8. The van der Waals surface area contributed by atoms with E-state index < -0.39 is 23.7 Å². The van der Waals surface area contributed by atoms with Crippen LogP contribution in [0.5, 0.6) is 0 Å². The third-order valence-corrected chi connectivity index (χ3v) is 6.16. The number of pyridine rings is 1. The van der Waals surface area contributed by atoms with E-state index in [1.807, 2.05) is 30.5 Å². The third kappa shape index (κ3) is 3.85. The van der Waals surface area contributed by atoms with Gasteiger partial charge in [-0.2, -0.15) is 0 Å². The van der Waals surface area contributed by atoms with Crippen molar-refractivity contribution in [3.05, 3.63) is 107 Å². The van der Waals surface area contributed by atoms with Gasteiger partial charge in [0.1, 0.15) is 5.76 Å². The van der Waals surface area contributed by atoms with Crippen LogP contribution in [0.2, 0.25) is 0 Å². The molecule has 0 spiro atoms. The van der Waals surface area contributed by atoms with Crippen molar-refractivity contribution in [1.29, 1.82) is 0 Å². The molecule has 2 aromatic heterocycles. The van der Waals surface area contributed by atoms with Gasteiger partial charge in [-0.05, 0) is 41.5 Å².